The van der Waals surface area contributed by atoms with Crippen molar-refractivity contribution in [2.45, 2.75) is 26.2 Å². The zero-order valence-electron chi connectivity index (χ0n) is 14.1. The molecule has 2 amide bonds. The molecule has 1 fully saturated rings. The van der Waals surface area contributed by atoms with E-state index in [4.69, 9.17) is 5.73 Å². The van der Waals surface area contributed by atoms with Crippen LogP contribution in [0, 0.1) is 6.92 Å². The third-order valence-corrected chi connectivity index (χ3v) is 4.25. The molecule has 0 aromatic heterocycles. The van der Waals surface area contributed by atoms with E-state index in [1.807, 2.05) is 37.3 Å². The quantitative estimate of drug-likeness (QED) is 0.819. The number of hydrogen-bond donors (Lipinski definition) is 2. The van der Waals surface area contributed by atoms with Gasteiger partial charge in [-0.15, -0.1) is 12.4 Å². The lowest BCUT2D eigenvalue weighted by Gasteiger charge is -2.27. The predicted octanol–water partition coefficient (Wildman–Crippen LogP) is 3.77. The molecule has 0 atom stereocenters. The van der Waals surface area contributed by atoms with Crippen molar-refractivity contribution >= 4 is 41.3 Å². The third kappa shape index (κ3) is 4.31. The maximum Gasteiger partial charge on any atom is 0.256 e. The van der Waals surface area contributed by atoms with E-state index >= 15 is 0 Å². The summed E-state index contributed by atoms with van der Waals surface area (Å²) in [4.78, 5) is 26.3. The first-order chi connectivity index (χ1) is 11.5. The van der Waals surface area contributed by atoms with Crippen molar-refractivity contribution in [2.24, 2.45) is 0 Å². The Balaban J connectivity index is 0.00000225. The summed E-state index contributed by atoms with van der Waals surface area (Å²) in [7, 11) is 0. The van der Waals surface area contributed by atoms with Gasteiger partial charge in [0.2, 0.25) is 5.91 Å². The summed E-state index contributed by atoms with van der Waals surface area (Å²) >= 11 is 0. The van der Waals surface area contributed by atoms with E-state index in [-0.39, 0.29) is 24.2 Å². The van der Waals surface area contributed by atoms with E-state index < -0.39 is 0 Å². The SMILES string of the molecule is Cc1ccc(N)cc1C(=O)Nc1cccc(N2CCCCC2=O)c1.Cl. The van der Waals surface area contributed by atoms with Gasteiger partial charge in [-0.3, -0.25) is 9.59 Å². The minimum atomic E-state index is -0.207. The Hall–Kier alpha value is -2.53. The number of carbonyl (C=O) groups is 2. The molecule has 1 aliphatic rings. The molecule has 2 aromatic rings. The second-order valence-corrected chi connectivity index (χ2v) is 6.08. The Labute approximate surface area is 153 Å². The monoisotopic (exact) mass is 359 g/mol. The standard InChI is InChI=1S/C19H21N3O2.ClH/c1-13-8-9-14(20)11-17(13)19(24)21-15-5-4-6-16(12-15)22-10-3-2-7-18(22)23;/h4-6,8-9,11-12H,2-3,7,10,20H2,1H3,(H,21,24);1H. The van der Waals surface area contributed by atoms with Gasteiger partial charge >= 0.3 is 0 Å². The van der Waals surface area contributed by atoms with Crippen molar-refractivity contribution in [3.8, 4) is 0 Å². The highest BCUT2D eigenvalue weighted by Crippen LogP contribution is 2.24. The van der Waals surface area contributed by atoms with Crippen LogP contribution in [0.5, 0.6) is 0 Å². The predicted molar refractivity (Wildman–Crippen MR) is 103 cm³/mol. The Morgan fingerprint density at radius 3 is 2.72 bits per heavy atom. The summed E-state index contributed by atoms with van der Waals surface area (Å²) in [6, 6.07) is 12.7. The number of nitrogens with one attached hydrogen (secondary N) is 1. The second kappa shape index (κ2) is 8.03. The van der Waals surface area contributed by atoms with Gasteiger partial charge in [-0.2, -0.15) is 0 Å². The van der Waals surface area contributed by atoms with Gasteiger partial charge in [0.25, 0.3) is 5.91 Å². The fourth-order valence-electron chi connectivity index (χ4n) is 2.91. The third-order valence-electron chi connectivity index (χ3n) is 4.25. The molecule has 3 N–H and O–H groups in total. The molecular weight excluding hydrogens is 338 g/mol. The van der Waals surface area contributed by atoms with E-state index in [2.05, 4.69) is 5.32 Å². The van der Waals surface area contributed by atoms with Crippen LogP contribution in [0.4, 0.5) is 17.1 Å². The Morgan fingerprint density at radius 2 is 1.96 bits per heavy atom. The molecule has 0 aliphatic carbocycles. The van der Waals surface area contributed by atoms with Crippen molar-refractivity contribution in [2.75, 3.05) is 22.5 Å². The zero-order chi connectivity index (χ0) is 17.1. The summed E-state index contributed by atoms with van der Waals surface area (Å²) in [5.41, 5.74) is 9.23. The number of hydrogen-bond acceptors (Lipinski definition) is 3. The van der Waals surface area contributed by atoms with Crippen LogP contribution >= 0.6 is 12.4 Å². The topological polar surface area (TPSA) is 75.4 Å². The fourth-order valence-corrected chi connectivity index (χ4v) is 2.91. The molecule has 132 valence electrons. The van der Waals surface area contributed by atoms with Crippen LogP contribution in [0.2, 0.25) is 0 Å². The minimum Gasteiger partial charge on any atom is -0.399 e. The molecule has 0 bridgehead atoms. The molecule has 2 aromatic carbocycles. The van der Waals surface area contributed by atoms with E-state index in [0.717, 1.165) is 30.6 Å². The molecule has 1 heterocycles. The van der Waals surface area contributed by atoms with Crippen molar-refractivity contribution in [1.82, 2.24) is 0 Å². The van der Waals surface area contributed by atoms with Crippen LogP contribution in [0.25, 0.3) is 0 Å². The van der Waals surface area contributed by atoms with Crippen molar-refractivity contribution in [1.29, 1.82) is 0 Å². The van der Waals surface area contributed by atoms with Crippen LogP contribution in [0.15, 0.2) is 42.5 Å². The highest BCUT2D eigenvalue weighted by molar-refractivity contribution is 6.06. The first-order valence-corrected chi connectivity index (χ1v) is 8.12. The maximum atomic E-state index is 12.5. The lowest BCUT2D eigenvalue weighted by molar-refractivity contribution is -0.119. The summed E-state index contributed by atoms with van der Waals surface area (Å²) in [5, 5.41) is 2.89. The first-order valence-electron chi connectivity index (χ1n) is 8.12. The van der Waals surface area contributed by atoms with E-state index in [1.165, 1.54) is 0 Å². The van der Waals surface area contributed by atoms with Crippen LogP contribution in [0.3, 0.4) is 0 Å². The summed E-state index contributed by atoms with van der Waals surface area (Å²) < 4.78 is 0. The van der Waals surface area contributed by atoms with Gasteiger partial charge in [-0.1, -0.05) is 12.1 Å². The summed E-state index contributed by atoms with van der Waals surface area (Å²) in [5.74, 6) is -0.0710. The number of halogens is 1. The van der Waals surface area contributed by atoms with Gasteiger partial charge in [0.1, 0.15) is 0 Å². The van der Waals surface area contributed by atoms with E-state index in [1.54, 1.807) is 17.0 Å². The molecule has 0 saturated carbocycles. The normalized spacial score (nSPS) is 14.0. The average Bonchev–Trinajstić information content (AvgIpc) is 2.57. The molecule has 6 heteroatoms. The first kappa shape index (κ1) is 18.8. The number of nitrogens with two attached hydrogens (primary N) is 1. The van der Waals surface area contributed by atoms with Gasteiger partial charge in [0, 0.05) is 35.6 Å². The number of amides is 2. The van der Waals surface area contributed by atoms with Gasteiger partial charge in [-0.25, -0.2) is 0 Å². The molecule has 3 rings (SSSR count). The number of benzene rings is 2. The second-order valence-electron chi connectivity index (χ2n) is 6.08. The van der Waals surface area contributed by atoms with Gasteiger partial charge in [0.05, 0.1) is 0 Å². The van der Waals surface area contributed by atoms with Crippen LogP contribution in [-0.4, -0.2) is 18.4 Å². The molecule has 0 radical (unpaired) electrons. The number of piperidine rings is 1. The molecular formula is C19H22ClN3O2. The van der Waals surface area contributed by atoms with Crippen LogP contribution in [-0.2, 0) is 4.79 Å². The number of nitrogen functional groups attached to an aromatic ring is 1. The van der Waals surface area contributed by atoms with Crippen LogP contribution < -0.4 is 16.0 Å². The van der Waals surface area contributed by atoms with E-state index in [0.29, 0.717) is 23.4 Å². The minimum absolute atomic E-state index is 0. The Bertz CT molecular complexity index is 792. The molecule has 0 spiro atoms. The maximum absolute atomic E-state index is 12.5. The number of rotatable bonds is 3. The summed E-state index contributed by atoms with van der Waals surface area (Å²) in [6.45, 7) is 2.60. The molecule has 25 heavy (non-hydrogen) atoms. The van der Waals surface area contributed by atoms with Gasteiger partial charge in [0.15, 0.2) is 0 Å². The van der Waals surface area contributed by atoms with Crippen LogP contribution in [0.1, 0.15) is 35.2 Å². The molecule has 5 nitrogen and oxygen atoms in total. The van der Waals surface area contributed by atoms with Crippen molar-refractivity contribution in [3.05, 3.63) is 53.6 Å². The zero-order valence-corrected chi connectivity index (χ0v) is 14.9. The molecule has 1 saturated heterocycles. The lowest BCUT2D eigenvalue weighted by Crippen LogP contribution is -2.35. The number of carbonyl (C=O) groups excluding carboxylic acids is 2. The number of aryl methyl sites for hydroxylation is 1. The van der Waals surface area contributed by atoms with E-state index in [9.17, 15) is 9.59 Å². The largest absolute Gasteiger partial charge is 0.399 e. The lowest BCUT2D eigenvalue weighted by atomic mass is 10.1. The number of nitrogens with zero attached hydrogens (tertiary/aromatic N) is 1. The van der Waals surface area contributed by atoms with Crippen molar-refractivity contribution in [3.63, 3.8) is 0 Å². The van der Waals surface area contributed by atoms with Gasteiger partial charge in [-0.05, 0) is 55.7 Å². The highest BCUT2D eigenvalue weighted by Gasteiger charge is 2.20. The highest BCUT2D eigenvalue weighted by atomic mass is 35.5. The smallest absolute Gasteiger partial charge is 0.256 e. The Kier molecular flexibility index (Phi) is 6.04. The summed E-state index contributed by atoms with van der Waals surface area (Å²) in [6.07, 6.45) is 2.53. The fraction of sp³-hybridized carbons (Fsp3) is 0.263. The number of anilines is 3. The van der Waals surface area contributed by atoms with Gasteiger partial charge < -0.3 is 16.0 Å². The molecule has 1 aliphatic heterocycles. The Morgan fingerprint density at radius 1 is 1.16 bits per heavy atom. The average molecular weight is 360 g/mol. The molecule has 0 unspecified atom stereocenters. The van der Waals surface area contributed by atoms with Crippen molar-refractivity contribution < 1.29 is 9.59 Å².